The summed E-state index contributed by atoms with van der Waals surface area (Å²) < 4.78 is 29.1. The fraction of sp³-hybridized carbons (Fsp3) is 0.632. The summed E-state index contributed by atoms with van der Waals surface area (Å²) in [6.07, 6.45) is -1.89. The maximum atomic E-state index is 11.0. The first-order chi connectivity index (χ1) is 13.2. The van der Waals surface area contributed by atoms with Gasteiger partial charge in [-0.2, -0.15) is 0 Å². The maximum absolute atomic E-state index is 11.0. The molecule has 27 heavy (non-hydrogen) atoms. The third-order valence-corrected chi connectivity index (χ3v) is 5.57. The van der Waals surface area contributed by atoms with Gasteiger partial charge in [-0.1, -0.05) is 30.3 Å². The van der Waals surface area contributed by atoms with Gasteiger partial charge in [0.15, 0.2) is 18.7 Å². The number of nitrogens with zero attached hydrogens (tertiary/aromatic N) is 1. The van der Waals surface area contributed by atoms with Crippen molar-refractivity contribution in [2.75, 3.05) is 26.8 Å². The Hall–Kier alpha value is -1.29. The second-order valence-electron chi connectivity index (χ2n) is 6.99. The molecule has 148 valence electrons. The number of rotatable bonds is 3. The highest BCUT2D eigenvalue weighted by Crippen LogP contribution is 2.35. The number of likely N-dealkylation sites (tertiary alicyclic amines) is 1. The molecule has 0 spiro atoms. The fourth-order valence-electron chi connectivity index (χ4n) is 3.75. The van der Waals surface area contributed by atoms with Crippen molar-refractivity contribution in [1.82, 2.24) is 4.90 Å². The summed E-state index contributed by atoms with van der Waals surface area (Å²) >= 11 is 5.41. The van der Waals surface area contributed by atoms with Gasteiger partial charge in [0.2, 0.25) is 0 Å². The summed E-state index contributed by atoms with van der Waals surface area (Å²) in [7, 11) is 1.52. The first-order valence-corrected chi connectivity index (χ1v) is 9.72. The standard InChI is InChI=1S/C19H25NO6S/c1-22-18-16(26-19(27)20-9-5-6-10-20)14(21)15-13(24-18)11-23-17(25-15)12-7-3-2-4-8-12/h2-4,7-8,13-18,21H,5-6,9-11H2,1H3/t13-,14+,15-,16-,17-,18+/m1/s1. The van der Waals surface area contributed by atoms with Crippen LogP contribution in [0.4, 0.5) is 0 Å². The van der Waals surface area contributed by atoms with Gasteiger partial charge in [-0.3, -0.25) is 0 Å². The zero-order valence-corrected chi connectivity index (χ0v) is 16.0. The number of aliphatic hydroxyl groups is 1. The van der Waals surface area contributed by atoms with Crippen LogP contribution in [-0.2, 0) is 23.7 Å². The van der Waals surface area contributed by atoms with E-state index in [4.69, 9.17) is 35.9 Å². The van der Waals surface area contributed by atoms with Crippen LogP contribution < -0.4 is 0 Å². The molecule has 0 aliphatic carbocycles. The van der Waals surface area contributed by atoms with Crippen molar-refractivity contribution in [3.8, 4) is 0 Å². The molecule has 0 bridgehead atoms. The third-order valence-electron chi connectivity index (χ3n) is 5.21. The van der Waals surface area contributed by atoms with E-state index in [0.29, 0.717) is 11.8 Å². The molecule has 4 rings (SSSR count). The van der Waals surface area contributed by atoms with E-state index in [0.717, 1.165) is 31.5 Å². The van der Waals surface area contributed by atoms with E-state index in [-0.39, 0.29) is 0 Å². The van der Waals surface area contributed by atoms with Gasteiger partial charge in [-0.05, 0) is 25.1 Å². The van der Waals surface area contributed by atoms with E-state index in [1.807, 2.05) is 35.2 Å². The van der Waals surface area contributed by atoms with Crippen molar-refractivity contribution in [3.63, 3.8) is 0 Å². The molecule has 0 radical (unpaired) electrons. The highest BCUT2D eigenvalue weighted by atomic mass is 32.1. The molecule has 0 saturated carbocycles. The molecule has 3 saturated heterocycles. The molecule has 7 nitrogen and oxygen atoms in total. The van der Waals surface area contributed by atoms with Gasteiger partial charge in [0.25, 0.3) is 5.17 Å². The molecule has 3 heterocycles. The van der Waals surface area contributed by atoms with Crippen LogP contribution in [0.15, 0.2) is 30.3 Å². The van der Waals surface area contributed by atoms with Gasteiger partial charge in [0.1, 0.15) is 18.3 Å². The molecule has 8 heteroatoms. The number of benzene rings is 1. The highest BCUT2D eigenvalue weighted by molar-refractivity contribution is 7.80. The van der Waals surface area contributed by atoms with E-state index in [2.05, 4.69) is 0 Å². The molecule has 3 aliphatic heterocycles. The zero-order valence-electron chi connectivity index (χ0n) is 15.2. The molecule has 0 amide bonds. The lowest BCUT2D eigenvalue weighted by atomic mass is 9.97. The van der Waals surface area contributed by atoms with E-state index in [1.165, 1.54) is 7.11 Å². The van der Waals surface area contributed by atoms with Crippen LogP contribution in [0.1, 0.15) is 24.7 Å². The molecular weight excluding hydrogens is 370 g/mol. The Morgan fingerprint density at radius 2 is 1.93 bits per heavy atom. The number of methoxy groups -OCH3 is 1. The SMILES string of the molecule is CO[C@H]1O[C@@H]2CO[C@@H](c3ccccc3)O[C@H]2[C@H](O)[C@H]1OC(=S)N1CCCC1. The van der Waals surface area contributed by atoms with Crippen LogP contribution in [0, 0.1) is 0 Å². The van der Waals surface area contributed by atoms with Crippen molar-refractivity contribution in [2.24, 2.45) is 0 Å². The van der Waals surface area contributed by atoms with Gasteiger partial charge >= 0.3 is 0 Å². The molecule has 3 aliphatic rings. The molecular formula is C19H25NO6S. The topological polar surface area (TPSA) is 69.6 Å². The Kier molecular flexibility index (Phi) is 5.91. The predicted octanol–water partition coefficient (Wildman–Crippen LogP) is 1.60. The van der Waals surface area contributed by atoms with E-state index < -0.39 is 37.0 Å². The number of hydrogen-bond donors (Lipinski definition) is 1. The quantitative estimate of drug-likeness (QED) is 0.774. The lowest BCUT2D eigenvalue weighted by Gasteiger charge is -2.47. The minimum atomic E-state index is -0.954. The molecule has 0 aromatic heterocycles. The summed E-state index contributed by atoms with van der Waals surface area (Å²) in [6.45, 7) is 2.03. The normalized spacial score (nSPS) is 36.3. The minimum absolute atomic E-state index is 0.296. The van der Waals surface area contributed by atoms with Gasteiger partial charge in [0.05, 0.1) is 6.61 Å². The number of hydrogen-bond acceptors (Lipinski definition) is 7. The summed E-state index contributed by atoms with van der Waals surface area (Å²) in [6, 6.07) is 9.62. The maximum Gasteiger partial charge on any atom is 0.259 e. The Morgan fingerprint density at radius 1 is 1.19 bits per heavy atom. The Labute approximate surface area is 164 Å². The molecule has 1 N–H and O–H groups in total. The van der Waals surface area contributed by atoms with Crippen molar-refractivity contribution in [3.05, 3.63) is 35.9 Å². The summed E-state index contributed by atoms with van der Waals surface area (Å²) in [4.78, 5) is 2.00. The second kappa shape index (κ2) is 8.38. The van der Waals surface area contributed by atoms with Crippen LogP contribution in [0.2, 0.25) is 0 Å². The summed E-state index contributed by atoms with van der Waals surface area (Å²) in [5.41, 5.74) is 0.891. The van der Waals surface area contributed by atoms with Crippen molar-refractivity contribution >= 4 is 17.4 Å². The van der Waals surface area contributed by atoms with Crippen LogP contribution in [-0.4, -0.2) is 72.7 Å². The fourth-order valence-corrected chi connectivity index (χ4v) is 4.05. The average Bonchev–Trinajstić information content (AvgIpc) is 3.25. The second-order valence-corrected chi connectivity index (χ2v) is 7.34. The summed E-state index contributed by atoms with van der Waals surface area (Å²) in [5, 5.41) is 11.3. The van der Waals surface area contributed by atoms with Crippen LogP contribution >= 0.6 is 12.2 Å². The lowest BCUT2D eigenvalue weighted by molar-refractivity contribution is -0.356. The number of thiocarbonyl (C=S) groups is 1. The smallest absolute Gasteiger partial charge is 0.259 e. The first-order valence-electron chi connectivity index (χ1n) is 9.31. The average molecular weight is 395 g/mol. The molecule has 0 unspecified atom stereocenters. The van der Waals surface area contributed by atoms with Crippen molar-refractivity contribution in [1.29, 1.82) is 0 Å². The molecule has 1 aromatic rings. The summed E-state index contributed by atoms with van der Waals surface area (Å²) in [5.74, 6) is 0. The predicted molar refractivity (Wildman–Crippen MR) is 100.0 cm³/mol. The number of fused-ring (bicyclic) bond motifs is 1. The Morgan fingerprint density at radius 3 is 2.63 bits per heavy atom. The monoisotopic (exact) mass is 395 g/mol. The van der Waals surface area contributed by atoms with Gasteiger partial charge in [-0.25, -0.2) is 0 Å². The lowest BCUT2D eigenvalue weighted by Crippen LogP contribution is -2.63. The van der Waals surface area contributed by atoms with Crippen LogP contribution in [0.3, 0.4) is 0 Å². The van der Waals surface area contributed by atoms with E-state index in [1.54, 1.807) is 0 Å². The number of aliphatic hydroxyl groups excluding tert-OH is 1. The van der Waals surface area contributed by atoms with E-state index >= 15 is 0 Å². The molecule has 1 aromatic carbocycles. The number of ether oxygens (including phenoxy) is 5. The highest BCUT2D eigenvalue weighted by Gasteiger charge is 2.51. The zero-order chi connectivity index (χ0) is 18.8. The van der Waals surface area contributed by atoms with Crippen LogP contribution in [0.5, 0.6) is 0 Å². The third kappa shape index (κ3) is 3.96. The van der Waals surface area contributed by atoms with Crippen molar-refractivity contribution in [2.45, 2.75) is 49.8 Å². The minimum Gasteiger partial charge on any atom is -0.459 e. The van der Waals surface area contributed by atoms with Crippen molar-refractivity contribution < 1.29 is 28.8 Å². The largest absolute Gasteiger partial charge is 0.459 e. The van der Waals surface area contributed by atoms with Gasteiger partial charge in [-0.15, -0.1) is 0 Å². The van der Waals surface area contributed by atoms with Gasteiger partial charge in [0, 0.05) is 25.8 Å². The van der Waals surface area contributed by atoms with Gasteiger partial charge < -0.3 is 33.7 Å². The first kappa shape index (κ1) is 19.0. The Bertz CT molecular complexity index is 640. The van der Waals surface area contributed by atoms with Crippen LogP contribution in [0.25, 0.3) is 0 Å². The molecule has 3 fully saturated rings. The van der Waals surface area contributed by atoms with E-state index in [9.17, 15) is 5.11 Å². The molecule has 6 atom stereocenters. The Balaban J connectivity index is 1.47.